The largest absolute Gasteiger partial charge is 0.822 e. The van der Waals surface area contributed by atoms with Crippen molar-refractivity contribution in [1.29, 1.82) is 0 Å². The summed E-state index contributed by atoms with van der Waals surface area (Å²) in [7, 11) is 12.2. The van der Waals surface area contributed by atoms with Crippen LogP contribution >= 0.6 is 7.82 Å². The van der Waals surface area contributed by atoms with Crippen LogP contribution in [-0.2, 0) is 19.1 Å². The Bertz CT molecular complexity index is 2230. The molecule has 0 N–H and O–H groups in total. The Hall–Kier alpha value is -5.74. The third kappa shape index (κ3) is 10.7. The van der Waals surface area contributed by atoms with Gasteiger partial charge in [-0.05, 0) is 36.5 Å². The molecule has 0 amide bonds. The standard InChI is InChI=1S/3C11H14F6N5O.H3O4P/c3*1-18(2)9(19(3)4)23-20-8-6-5-7(12)10(13,14)11(8,15)21(16)22(20)17;1-5(2,3)4/h3*5-6H,1-4H3;(H3,1,2,3,4)/q3*+1;/p-3. The van der Waals surface area contributed by atoms with Crippen LogP contribution in [0.3, 0.4) is 0 Å². The number of phosphoric acid groups is 1. The van der Waals surface area contributed by atoms with Gasteiger partial charge in [-0.25, -0.2) is 54.8 Å². The SMILES string of the molecule is CN(C)C(ON1C2=CC=C(F)C(F)(F)C2(F)N(F)N1F)=[N+](C)C.CN(C)C(ON1C2=CC=C(F)C(F)(F)C2(F)N(F)N1F)=[N+](C)C.CN(C)C(ON1C2=CC=C(F)C(F)(F)C2(F)N(F)N1F)=[N+](C)C.O=P([O-])([O-])[O-]. The van der Waals surface area contributed by atoms with Crippen molar-refractivity contribution < 1.29 is 127 Å². The molecule has 41 heteroatoms. The minimum atomic E-state index is -5.39. The molecule has 0 bridgehead atoms. The Morgan fingerprint density at radius 1 is 0.446 bits per heavy atom. The highest BCUT2D eigenvalue weighted by Crippen LogP contribution is 2.57. The maximum Gasteiger partial charge on any atom is 0.471 e. The summed E-state index contributed by atoms with van der Waals surface area (Å²) in [6.45, 7) is 0. The molecule has 22 nitrogen and oxygen atoms in total. The van der Waals surface area contributed by atoms with Crippen LogP contribution in [0.25, 0.3) is 0 Å². The van der Waals surface area contributed by atoms with Gasteiger partial charge in [0.1, 0.15) is 17.1 Å². The lowest BCUT2D eigenvalue weighted by Crippen LogP contribution is -2.54. The average Bonchev–Trinajstić information content (AvgIpc) is 3.67. The minimum Gasteiger partial charge on any atom is -0.822 e. The topological polar surface area (TPSA) is 162 Å². The molecule has 3 atom stereocenters. The molecule has 3 unspecified atom stereocenters. The molecular formula is C33H42F18N15O7P. The van der Waals surface area contributed by atoms with Gasteiger partial charge in [-0.15, -0.1) is 13.4 Å². The highest BCUT2D eigenvalue weighted by Gasteiger charge is 2.78. The molecule has 0 aromatic carbocycles. The number of halogens is 18. The van der Waals surface area contributed by atoms with Crippen molar-refractivity contribution in [2.24, 2.45) is 0 Å². The van der Waals surface area contributed by atoms with Gasteiger partial charge in [-0.1, -0.05) is 29.0 Å². The van der Waals surface area contributed by atoms with Gasteiger partial charge in [-0.2, -0.15) is 34.2 Å². The molecule has 3 aliphatic heterocycles. The van der Waals surface area contributed by atoms with Crippen molar-refractivity contribution in [3.8, 4) is 0 Å². The Morgan fingerprint density at radius 3 is 0.770 bits per heavy atom. The molecule has 0 radical (unpaired) electrons. The summed E-state index contributed by atoms with van der Waals surface area (Å²) in [6.07, 6.45) is 2.01. The van der Waals surface area contributed by atoms with Crippen LogP contribution < -0.4 is 14.7 Å². The third-order valence-corrected chi connectivity index (χ3v) is 9.39. The summed E-state index contributed by atoms with van der Waals surface area (Å²) in [5.41, 5.74) is -3.81. The van der Waals surface area contributed by atoms with Crippen molar-refractivity contribution in [3.05, 3.63) is 71.0 Å². The van der Waals surface area contributed by atoms with Gasteiger partial charge in [0.25, 0.3) is 0 Å². The number of hydrogen-bond donors (Lipinski definition) is 0. The van der Waals surface area contributed by atoms with Crippen LogP contribution in [0.15, 0.2) is 71.0 Å². The van der Waals surface area contributed by atoms with Crippen molar-refractivity contribution in [2.75, 3.05) is 84.6 Å². The minimum absolute atomic E-state index is 0.135. The second-order valence-electron chi connectivity index (χ2n) is 16.0. The van der Waals surface area contributed by atoms with E-state index in [9.17, 15) is 79.6 Å². The van der Waals surface area contributed by atoms with Crippen molar-refractivity contribution in [1.82, 2.24) is 61.9 Å². The number of amidine groups is 3. The van der Waals surface area contributed by atoms with E-state index in [0.717, 1.165) is 0 Å². The maximum atomic E-state index is 14.5. The van der Waals surface area contributed by atoms with Crippen molar-refractivity contribution in [3.63, 3.8) is 0 Å². The summed E-state index contributed by atoms with van der Waals surface area (Å²) < 4.78 is 261. The van der Waals surface area contributed by atoms with E-state index in [1.165, 1.54) is 113 Å². The smallest absolute Gasteiger partial charge is 0.471 e. The van der Waals surface area contributed by atoms with Crippen LogP contribution in [0.1, 0.15) is 0 Å². The molecule has 3 aliphatic carbocycles. The summed E-state index contributed by atoms with van der Waals surface area (Å²) in [5, 5.41) is -8.71. The Balaban J connectivity index is 0.000000279. The van der Waals surface area contributed by atoms with Crippen LogP contribution in [0, 0.1) is 0 Å². The molecule has 3 saturated heterocycles. The highest BCUT2D eigenvalue weighted by atomic mass is 31.2. The molecule has 0 aromatic heterocycles. The lowest BCUT2D eigenvalue weighted by molar-refractivity contribution is -0.498. The van der Waals surface area contributed by atoms with Gasteiger partial charge in [0.05, 0.1) is 101 Å². The molecular weight excluding hydrogens is 1090 g/mol. The molecule has 0 saturated carbocycles. The van der Waals surface area contributed by atoms with Crippen LogP contribution in [0.4, 0.5) is 79.6 Å². The third-order valence-electron chi connectivity index (χ3n) is 9.39. The van der Waals surface area contributed by atoms with Gasteiger partial charge < -0.3 is 19.2 Å². The zero-order chi connectivity index (χ0) is 57.7. The van der Waals surface area contributed by atoms with E-state index < -0.39 is 109 Å². The van der Waals surface area contributed by atoms with E-state index in [-0.39, 0.29) is 51.8 Å². The normalized spacial score (nSPS) is 26.3. The summed E-state index contributed by atoms with van der Waals surface area (Å²) >= 11 is 0. The summed E-state index contributed by atoms with van der Waals surface area (Å²) in [4.78, 5) is 44.4. The quantitative estimate of drug-likeness (QED) is 0.0769. The zero-order valence-corrected chi connectivity index (χ0v) is 40.7. The summed E-state index contributed by atoms with van der Waals surface area (Å²) in [5.74, 6) is -34.9. The van der Waals surface area contributed by atoms with Crippen LogP contribution in [0.2, 0.25) is 0 Å². The van der Waals surface area contributed by atoms with Gasteiger partial charge >= 0.3 is 53.2 Å². The predicted molar refractivity (Wildman–Crippen MR) is 205 cm³/mol. The Labute approximate surface area is 405 Å². The van der Waals surface area contributed by atoms with E-state index >= 15 is 0 Å². The zero-order valence-electron chi connectivity index (χ0n) is 39.8. The monoisotopic (exact) mass is 1130 g/mol. The maximum absolute atomic E-state index is 14.5. The fraction of sp³-hybridized carbons (Fsp3) is 0.545. The van der Waals surface area contributed by atoms with Crippen LogP contribution in [0.5, 0.6) is 0 Å². The molecule has 74 heavy (non-hydrogen) atoms. The van der Waals surface area contributed by atoms with E-state index in [1.807, 2.05) is 0 Å². The number of hydrazine groups is 6. The number of hydrogen-bond acceptors (Lipinski definition) is 16. The Morgan fingerprint density at radius 2 is 0.622 bits per heavy atom. The van der Waals surface area contributed by atoms with Gasteiger partial charge in [-0.3, -0.25) is 14.5 Å². The number of fused-ring (bicyclic) bond motifs is 3. The second kappa shape index (κ2) is 21.5. The fourth-order valence-corrected chi connectivity index (χ4v) is 6.25. The highest BCUT2D eigenvalue weighted by molar-refractivity contribution is 7.40. The second-order valence-corrected chi connectivity index (χ2v) is 16.9. The number of alkyl halides is 9. The summed E-state index contributed by atoms with van der Waals surface area (Å²) in [6, 6.07) is -0.404. The van der Waals surface area contributed by atoms with Gasteiger partial charge in [0.2, 0.25) is 0 Å². The Kier molecular flexibility index (Phi) is 18.2. The van der Waals surface area contributed by atoms with Gasteiger partial charge in [0.15, 0.2) is 17.5 Å². The number of hydroxylamine groups is 3. The van der Waals surface area contributed by atoms with Gasteiger partial charge in [0, 0.05) is 15.7 Å². The first-order chi connectivity index (χ1) is 33.4. The molecule has 6 rings (SSSR count). The van der Waals surface area contributed by atoms with Crippen LogP contribution in [-0.4, -0.2) is 213 Å². The molecule has 6 aliphatic rings. The molecule has 0 aromatic rings. The predicted octanol–water partition coefficient (Wildman–Crippen LogP) is 2.21. The first-order valence-corrected chi connectivity index (χ1v) is 20.9. The molecule has 0 spiro atoms. The molecule has 3 fully saturated rings. The first kappa shape index (κ1) is 62.6. The number of nitrogens with zero attached hydrogens (tertiary/aromatic N) is 15. The van der Waals surface area contributed by atoms with E-state index in [4.69, 9.17) is 33.8 Å². The van der Waals surface area contributed by atoms with E-state index in [0.29, 0.717) is 18.2 Å². The average molecular weight is 1130 g/mol. The molecule has 3 heterocycles. The van der Waals surface area contributed by atoms with Crippen molar-refractivity contribution >= 4 is 25.9 Å². The lowest BCUT2D eigenvalue weighted by Gasteiger charge is -2.36. The lowest BCUT2D eigenvalue weighted by atomic mass is 9.98. The fourth-order valence-electron chi connectivity index (χ4n) is 6.25. The van der Waals surface area contributed by atoms with E-state index in [1.54, 1.807) is 0 Å². The molecule has 422 valence electrons. The van der Waals surface area contributed by atoms with E-state index in [2.05, 4.69) is 0 Å². The first-order valence-electron chi connectivity index (χ1n) is 19.4. The van der Waals surface area contributed by atoms with Crippen molar-refractivity contribution in [2.45, 2.75) is 35.1 Å². The number of rotatable bonds is 3. The number of allylic oxidation sites excluding steroid dienone is 6.